The van der Waals surface area contributed by atoms with Crippen molar-refractivity contribution in [3.8, 4) is 0 Å². The Morgan fingerprint density at radius 1 is 1.35 bits per heavy atom. The Bertz CT molecular complexity index is 686. The van der Waals surface area contributed by atoms with Gasteiger partial charge in [-0.3, -0.25) is 14.5 Å². The molecule has 1 heterocycles. The van der Waals surface area contributed by atoms with E-state index in [0.717, 1.165) is 5.56 Å². The lowest BCUT2D eigenvalue weighted by molar-refractivity contribution is -0.137. The standard InChI is InChI=1S/C16H14ClNO3S2/c17-12(9-11-5-2-1-3-6-11)10-13-15(21)18(16(22)23-13)8-4-7-14(19)20/h1-3,5-6,9-10H,4,7-8H2,(H,19,20)/b12-9-,13-10?. The normalized spacial score (nSPS) is 17.2. The van der Waals surface area contributed by atoms with Crippen LogP contribution in [0.1, 0.15) is 18.4 Å². The first-order valence-corrected chi connectivity index (χ1v) is 8.47. The lowest BCUT2D eigenvalue weighted by atomic mass is 10.2. The van der Waals surface area contributed by atoms with E-state index in [1.165, 1.54) is 16.7 Å². The van der Waals surface area contributed by atoms with Crippen LogP contribution in [0.5, 0.6) is 0 Å². The Kier molecular flexibility index (Phi) is 6.38. The van der Waals surface area contributed by atoms with Crippen molar-refractivity contribution in [3.63, 3.8) is 0 Å². The van der Waals surface area contributed by atoms with E-state index in [0.29, 0.717) is 27.2 Å². The molecule has 0 bridgehead atoms. The lowest BCUT2D eigenvalue weighted by Gasteiger charge is -2.13. The van der Waals surface area contributed by atoms with Crippen LogP contribution < -0.4 is 0 Å². The number of allylic oxidation sites excluding steroid dienone is 2. The fourth-order valence-corrected chi connectivity index (χ4v) is 3.56. The third-order valence-electron chi connectivity index (χ3n) is 3.02. The number of aliphatic carboxylic acids is 1. The SMILES string of the molecule is O=C(O)CCCN1C(=O)C(=C/C(Cl)=C/c2ccccc2)SC1=S. The predicted molar refractivity (Wildman–Crippen MR) is 97.1 cm³/mol. The van der Waals surface area contributed by atoms with E-state index >= 15 is 0 Å². The molecule has 0 aliphatic carbocycles. The zero-order chi connectivity index (χ0) is 16.8. The van der Waals surface area contributed by atoms with Crippen LogP contribution in [0.4, 0.5) is 0 Å². The van der Waals surface area contributed by atoms with Crippen molar-refractivity contribution in [1.82, 2.24) is 4.90 Å². The van der Waals surface area contributed by atoms with E-state index in [4.69, 9.17) is 28.9 Å². The van der Waals surface area contributed by atoms with Gasteiger partial charge in [0.25, 0.3) is 5.91 Å². The maximum Gasteiger partial charge on any atom is 0.303 e. The molecule has 1 saturated heterocycles. The highest BCUT2D eigenvalue weighted by molar-refractivity contribution is 8.26. The van der Waals surface area contributed by atoms with Crippen LogP contribution in [0.15, 0.2) is 46.3 Å². The largest absolute Gasteiger partial charge is 0.481 e. The van der Waals surface area contributed by atoms with E-state index < -0.39 is 5.97 Å². The summed E-state index contributed by atoms with van der Waals surface area (Å²) in [5.41, 5.74) is 0.936. The second-order valence-electron chi connectivity index (χ2n) is 4.77. The average molecular weight is 368 g/mol. The van der Waals surface area contributed by atoms with Gasteiger partial charge in [0.1, 0.15) is 4.32 Å². The van der Waals surface area contributed by atoms with Crippen LogP contribution in [0.2, 0.25) is 0 Å². The zero-order valence-electron chi connectivity index (χ0n) is 12.1. The summed E-state index contributed by atoms with van der Waals surface area (Å²) < 4.78 is 0.427. The number of thiocarbonyl (C=S) groups is 1. The molecule has 1 fully saturated rings. The Morgan fingerprint density at radius 3 is 2.70 bits per heavy atom. The van der Waals surface area contributed by atoms with Gasteiger partial charge >= 0.3 is 5.97 Å². The van der Waals surface area contributed by atoms with Crippen LogP contribution in [0.3, 0.4) is 0 Å². The molecule has 23 heavy (non-hydrogen) atoms. The Morgan fingerprint density at radius 2 is 2.04 bits per heavy atom. The van der Waals surface area contributed by atoms with Gasteiger partial charge in [-0.05, 0) is 24.1 Å². The van der Waals surface area contributed by atoms with Crippen molar-refractivity contribution in [2.24, 2.45) is 0 Å². The van der Waals surface area contributed by atoms with E-state index in [9.17, 15) is 9.59 Å². The van der Waals surface area contributed by atoms with Gasteiger partial charge in [0.05, 0.1) is 4.91 Å². The number of carbonyl (C=O) groups excluding carboxylic acids is 1. The number of carbonyl (C=O) groups is 2. The second kappa shape index (κ2) is 8.29. The van der Waals surface area contributed by atoms with Gasteiger partial charge in [-0.2, -0.15) is 0 Å². The third kappa shape index (κ3) is 5.20. The van der Waals surface area contributed by atoms with Gasteiger partial charge in [0.15, 0.2) is 0 Å². The van der Waals surface area contributed by atoms with E-state index in [1.807, 2.05) is 30.3 Å². The topological polar surface area (TPSA) is 57.6 Å². The molecule has 0 atom stereocenters. The first-order chi connectivity index (χ1) is 11.0. The summed E-state index contributed by atoms with van der Waals surface area (Å²) in [7, 11) is 0. The van der Waals surface area contributed by atoms with E-state index in [-0.39, 0.29) is 12.3 Å². The number of amides is 1. The Hall–Kier alpha value is -1.63. The molecule has 7 heteroatoms. The number of thioether (sulfide) groups is 1. The van der Waals surface area contributed by atoms with Crippen molar-refractivity contribution >= 4 is 57.9 Å². The van der Waals surface area contributed by atoms with Crippen LogP contribution in [0.25, 0.3) is 6.08 Å². The number of hydrogen-bond acceptors (Lipinski definition) is 4. The molecule has 1 amide bonds. The highest BCUT2D eigenvalue weighted by Crippen LogP contribution is 2.32. The molecule has 1 aliphatic rings. The molecule has 4 nitrogen and oxygen atoms in total. The van der Waals surface area contributed by atoms with Crippen molar-refractivity contribution in [2.45, 2.75) is 12.8 Å². The van der Waals surface area contributed by atoms with Gasteiger partial charge in [-0.25, -0.2) is 0 Å². The zero-order valence-corrected chi connectivity index (χ0v) is 14.5. The molecule has 0 aromatic heterocycles. The van der Waals surface area contributed by atoms with Gasteiger partial charge in [-0.15, -0.1) is 0 Å². The van der Waals surface area contributed by atoms with Gasteiger partial charge in [0.2, 0.25) is 0 Å². The molecule has 1 aromatic carbocycles. The van der Waals surface area contributed by atoms with Crippen molar-refractivity contribution in [2.75, 3.05) is 6.54 Å². The van der Waals surface area contributed by atoms with Crippen LogP contribution in [-0.4, -0.2) is 32.7 Å². The number of carboxylic acid groups (broad SMARTS) is 1. The Balaban J connectivity index is 2.06. The number of carboxylic acids is 1. The minimum Gasteiger partial charge on any atom is -0.481 e. The number of halogens is 1. The molecular formula is C16H14ClNO3S2. The summed E-state index contributed by atoms with van der Waals surface area (Å²) >= 11 is 12.5. The Labute approximate surface area is 148 Å². The number of rotatable bonds is 6. The van der Waals surface area contributed by atoms with Gasteiger partial charge in [0, 0.05) is 18.0 Å². The second-order valence-corrected chi connectivity index (χ2v) is 6.88. The minimum absolute atomic E-state index is 0.00474. The molecule has 1 aliphatic heterocycles. The maximum atomic E-state index is 12.3. The molecule has 0 spiro atoms. The van der Waals surface area contributed by atoms with Crippen molar-refractivity contribution in [3.05, 3.63) is 51.9 Å². The highest BCUT2D eigenvalue weighted by atomic mass is 35.5. The molecule has 120 valence electrons. The maximum absolute atomic E-state index is 12.3. The van der Waals surface area contributed by atoms with Crippen LogP contribution >= 0.6 is 35.6 Å². The van der Waals surface area contributed by atoms with E-state index in [2.05, 4.69) is 0 Å². The first-order valence-electron chi connectivity index (χ1n) is 6.87. The monoisotopic (exact) mass is 367 g/mol. The number of benzene rings is 1. The summed E-state index contributed by atoms with van der Waals surface area (Å²) in [6.45, 7) is 0.300. The van der Waals surface area contributed by atoms with Crippen LogP contribution in [-0.2, 0) is 9.59 Å². The predicted octanol–water partition coefficient (Wildman–Crippen LogP) is 3.88. The smallest absolute Gasteiger partial charge is 0.303 e. The average Bonchev–Trinajstić information content (AvgIpc) is 2.75. The molecular weight excluding hydrogens is 354 g/mol. The first kappa shape index (κ1) is 17.7. The van der Waals surface area contributed by atoms with Gasteiger partial charge < -0.3 is 5.11 Å². The molecule has 0 unspecified atom stereocenters. The number of hydrogen-bond donors (Lipinski definition) is 1. The molecule has 0 radical (unpaired) electrons. The molecule has 1 aromatic rings. The lowest BCUT2D eigenvalue weighted by Crippen LogP contribution is -2.29. The number of nitrogens with zero attached hydrogens (tertiary/aromatic N) is 1. The van der Waals surface area contributed by atoms with Gasteiger partial charge in [-0.1, -0.05) is 65.9 Å². The summed E-state index contributed by atoms with van der Waals surface area (Å²) in [6, 6.07) is 9.53. The quantitative estimate of drug-likeness (QED) is 0.611. The molecule has 1 N–H and O–H groups in total. The van der Waals surface area contributed by atoms with Crippen LogP contribution in [0, 0.1) is 0 Å². The fourth-order valence-electron chi connectivity index (χ4n) is 1.96. The minimum atomic E-state index is -0.889. The summed E-state index contributed by atoms with van der Waals surface area (Å²) in [5.74, 6) is -1.12. The summed E-state index contributed by atoms with van der Waals surface area (Å²) in [4.78, 5) is 24.7. The highest BCUT2D eigenvalue weighted by Gasteiger charge is 2.31. The van der Waals surface area contributed by atoms with Crippen molar-refractivity contribution in [1.29, 1.82) is 0 Å². The van der Waals surface area contributed by atoms with E-state index in [1.54, 1.807) is 12.2 Å². The fraction of sp³-hybridized carbons (Fsp3) is 0.188. The summed E-state index contributed by atoms with van der Waals surface area (Å²) in [5, 5.41) is 9.09. The third-order valence-corrected chi connectivity index (χ3v) is 4.62. The molecule has 0 saturated carbocycles. The van der Waals surface area contributed by atoms with Crippen molar-refractivity contribution < 1.29 is 14.7 Å². The molecule has 2 rings (SSSR count). The summed E-state index contributed by atoms with van der Waals surface area (Å²) in [6.07, 6.45) is 3.72.